The number of rotatable bonds is 4. The minimum Gasteiger partial charge on any atom is -0.507 e. The van der Waals surface area contributed by atoms with E-state index >= 15 is 0 Å². The molecular weight excluding hydrogens is 436 g/mol. The lowest BCUT2D eigenvalue weighted by atomic mass is 10.1. The van der Waals surface area contributed by atoms with Gasteiger partial charge in [0.1, 0.15) is 16.3 Å². The van der Waals surface area contributed by atoms with E-state index in [-0.39, 0.29) is 22.1 Å². The summed E-state index contributed by atoms with van der Waals surface area (Å²) in [6.07, 6.45) is 0. The number of nitrogens with zero attached hydrogens (tertiary/aromatic N) is 2. The van der Waals surface area contributed by atoms with Gasteiger partial charge in [0.2, 0.25) is 0 Å². The Balaban J connectivity index is 1.53. The molecule has 0 radical (unpaired) electrons. The van der Waals surface area contributed by atoms with E-state index in [9.17, 15) is 20.0 Å². The summed E-state index contributed by atoms with van der Waals surface area (Å²) in [6.45, 7) is 0. The molecule has 0 aliphatic carbocycles. The number of anilines is 1. The maximum atomic E-state index is 12.4. The van der Waals surface area contributed by atoms with Gasteiger partial charge in [-0.05, 0) is 48.6 Å². The quantitative estimate of drug-likeness (QED) is 0.178. The van der Waals surface area contributed by atoms with E-state index in [2.05, 4.69) is 15.6 Å². The van der Waals surface area contributed by atoms with Crippen LogP contribution in [0.15, 0.2) is 66.7 Å². The van der Waals surface area contributed by atoms with E-state index in [0.29, 0.717) is 16.3 Å². The molecule has 0 fully saturated rings. The van der Waals surface area contributed by atoms with Gasteiger partial charge in [-0.25, -0.2) is 4.98 Å². The van der Waals surface area contributed by atoms with Gasteiger partial charge in [0.25, 0.3) is 11.6 Å². The minimum atomic E-state index is -0.699. The Hall–Kier alpha value is -3.89. The molecule has 4 rings (SSSR count). The highest BCUT2D eigenvalue weighted by atomic mass is 32.1. The number of aromatic hydroxyl groups is 1. The second kappa shape index (κ2) is 8.46. The molecular formula is C21H14N4O4S2. The molecule has 0 unspecified atom stereocenters. The molecule has 0 saturated carbocycles. The fourth-order valence-electron chi connectivity index (χ4n) is 2.93. The Morgan fingerprint density at radius 1 is 1.10 bits per heavy atom. The van der Waals surface area contributed by atoms with Crippen LogP contribution < -0.4 is 10.6 Å². The topological polar surface area (TPSA) is 117 Å². The van der Waals surface area contributed by atoms with Gasteiger partial charge in [-0.15, -0.1) is 11.3 Å². The number of carbonyl (C=O) groups is 1. The smallest absolute Gasteiger partial charge is 0.282 e. The van der Waals surface area contributed by atoms with Crippen molar-refractivity contribution in [3.05, 3.63) is 82.4 Å². The van der Waals surface area contributed by atoms with Gasteiger partial charge in [-0.1, -0.05) is 24.3 Å². The summed E-state index contributed by atoms with van der Waals surface area (Å²) >= 11 is 6.62. The number of aromatic nitrogens is 1. The predicted octanol–water partition coefficient (Wildman–Crippen LogP) is 4.70. The van der Waals surface area contributed by atoms with Crippen molar-refractivity contribution in [1.82, 2.24) is 10.3 Å². The number of nitro benzene ring substituents is 1. The number of amides is 1. The fourth-order valence-corrected chi connectivity index (χ4v) is 4.13. The van der Waals surface area contributed by atoms with Gasteiger partial charge < -0.3 is 10.4 Å². The molecule has 0 bridgehead atoms. The van der Waals surface area contributed by atoms with E-state index in [1.54, 1.807) is 12.1 Å². The average molecular weight is 451 g/mol. The molecule has 8 nitrogen and oxygen atoms in total. The van der Waals surface area contributed by atoms with Crippen molar-refractivity contribution in [2.24, 2.45) is 0 Å². The molecule has 0 aliphatic rings. The maximum Gasteiger partial charge on any atom is 0.282 e. The molecule has 0 atom stereocenters. The number of nitrogens with one attached hydrogen (secondary N) is 2. The van der Waals surface area contributed by atoms with Crippen LogP contribution in [0.2, 0.25) is 0 Å². The standard InChI is InChI=1S/C21H14N4O4S2/c26-17-10-9-12(11-14(17)20-23-15-6-2-4-8-18(15)31-20)22-21(30)24-19(27)13-5-1-3-7-16(13)25(28)29/h1-11,26H,(H2,22,24,27,30). The van der Waals surface area contributed by atoms with E-state index in [1.807, 2.05) is 24.3 Å². The third kappa shape index (κ3) is 4.34. The van der Waals surface area contributed by atoms with Crippen molar-refractivity contribution in [1.29, 1.82) is 0 Å². The number of phenols is 1. The second-order valence-electron chi connectivity index (χ2n) is 6.40. The monoisotopic (exact) mass is 450 g/mol. The number of phenolic OH excluding ortho intramolecular Hbond substituents is 1. The molecule has 1 amide bonds. The van der Waals surface area contributed by atoms with Gasteiger partial charge in [0, 0.05) is 11.8 Å². The van der Waals surface area contributed by atoms with Crippen molar-refractivity contribution >= 4 is 56.2 Å². The zero-order valence-electron chi connectivity index (χ0n) is 15.7. The highest BCUT2D eigenvalue weighted by Gasteiger charge is 2.20. The lowest BCUT2D eigenvalue weighted by Gasteiger charge is -2.11. The minimum absolute atomic E-state index is 0.0379. The van der Waals surface area contributed by atoms with Crippen LogP contribution in [0.1, 0.15) is 10.4 Å². The van der Waals surface area contributed by atoms with Gasteiger partial charge in [-0.2, -0.15) is 0 Å². The number of para-hydroxylation sites is 2. The van der Waals surface area contributed by atoms with Crippen LogP contribution in [0.5, 0.6) is 5.75 Å². The first-order valence-electron chi connectivity index (χ1n) is 8.97. The summed E-state index contributed by atoms with van der Waals surface area (Å²) in [6, 6.07) is 18.0. The van der Waals surface area contributed by atoms with Crippen molar-refractivity contribution in [2.75, 3.05) is 5.32 Å². The van der Waals surface area contributed by atoms with E-state index in [1.165, 1.54) is 41.7 Å². The molecule has 3 aromatic carbocycles. The highest BCUT2D eigenvalue weighted by Crippen LogP contribution is 2.36. The number of thiocarbonyl (C=S) groups is 1. The third-order valence-electron chi connectivity index (χ3n) is 4.35. The van der Waals surface area contributed by atoms with Crippen LogP contribution in [-0.2, 0) is 0 Å². The van der Waals surface area contributed by atoms with E-state index in [0.717, 1.165) is 10.2 Å². The van der Waals surface area contributed by atoms with Gasteiger partial charge in [0.15, 0.2) is 5.11 Å². The fraction of sp³-hybridized carbons (Fsp3) is 0. The zero-order chi connectivity index (χ0) is 22.0. The van der Waals surface area contributed by atoms with Crippen LogP contribution in [0, 0.1) is 10.1 Å². The number of hydrogen-bond acceptors (Lipinski definition) is 7. The predicted molar refractivity (Wildman–Crippen MR) is 124 cm³/mol. The van der Waals surface area contributed by atoms with E-state index < -0.39 is 10.8 Å². The van der Waals surface area contributed by atoms with Crippen LogP contribution in [0.4, 0.5) is 11.4 Å². The number of nitro groups is 1. The molecule has 0 aliphatic heterocycles. The molecule has 1 aromatic heterocycles. The Bertz CT molecular complexity index is 1300. The first-order chi connectivity index (χ1) is 14.9. The first-order valence-corrected chi connectivity index (χ1v) is 10.2. The second-order valence-corrected chi connectivity index (χ2v) is 7.84. The van der Waals surface area contributed by atoms with Crippen molar-refractivity contribution in [3.8, 4) is 16.3 Å². The Kier molecular flexibility index (Phi) is 5.56. The summed E-state index contributed by atoms with van der Waals surface area (Å²) in [7, 11) is 0. The molecule has 3 N–H and O–H groups in total. The van der Waals surface area contributed by atoms with Crippen LogP contribution >= 0.6 is 23.6 Å². The number of hydrogen-bond donors (Lipinski definition) is 3. The van der Waals surface area contributed by atoms with Crippen molar-refractivity contribution in [2.45, 2.75) is 0 Å². The van der Waals surface area contributed by atoms with Crippen LogP contribution in [0.3, 0.4) is 0 Å². The normalized spacial score (nSPS) is 10.6. The molecule has 0 spiro atoms. The van der Waals surface area contributed by atoms with E-state index in [4.69, 9.17) is 12.2 Å². The molecule has 1 heterocycles. The maximum absolute atomic E-state index is 12.4. The Morgan fingerprint density at radius 2 is 1.84 bits per heavy atom. The average Bonchev–Trinajstić information content (AvgIpc) is 3.19. The van der Waals surface area contributed by atoms with Gasteiger partial charge in [0.05, 0.1) is 20.7 Å². The third-order valence-corrected chi connectivity index (χ3v) is 5.62. The largest absolute Gasteiger partial charge is 0.507 e. The summed E-state index contributed by atoms with van der Waals surface area (Å²) in [4.78, 5) is 27.5. The molecule has 10 heteroatoms. The molecule has 154 valence electrons. The summed E-state index contributed by atoms with van der Waals surface area (Å²) in [5.74, 6) is -0.644. The zero-order valence-corrected chi connectivity index (χ0v) is 17.4. The highest BCUT2D eigenvalue weighted by molar-refractivity contribution is 7.80. The number of benzene rings is 3. The van der Waals surface area contributed by atoms with Crippen molar-refractivity contribution < 1.29 is 14.8 Å². The summed E-state index contributed by atoms with van der Waals surface area (Å²) in [5.41, 5.74) is 1.44. The first kappa shape index (κ1) is 20.4. The Morgan fingerprint density at radius 3 is 2.61 bits per heavy atom. The number of carbonyl (C=O) groups excluding carboxylic acids is 1. The molecule has 31 heavy (non-hydrogen) atoms. The number of fused-ring (bicyclic) bond motifs is 1. The summed E-state index contributed by atoms with van der Waals surface area (Å²) < 4.78 is 0.988. The van der Waals surface area contributed by atoms with Crippen LogP contribution in [-0.4, -0.2) is 26.0 Å². The van der Waals surface area contributed by atoms with Crippen LogP contribution in [0.25, 0.3) is 20.8 Å². The van der Waals surface area contributed by atoms with Gasteiger partial charge >= 0.3 is 0 Å². The summed E-state index contributed by atoms with van der Waals surface area (Å²) in [5, 5.41) is 27.3. The Labute approximate surface area is 185 Å². The van der Waals surface area contributed by atoms with Crippen molar-refractivity contribution in [3.63, 3.8) is 0 Å². The SMILES string of the molecule is O=C(NC(=S)Nc1ccc(O)c(-c2nc3ccccc3s2)c1)c1ccccc1[N+](=O)[O-]. The molecule has 4 aromatic rings. The number of thiazole rings is 1. The molecule has 0 saturated heterocycles. The lowest BCUT2D eigenvalue weighted by molar-refractivity contribution is -0.385. The lowest BCUT2D eigenvalue weighted by Crippen LogP contribution is -2.34. The van der Waals surface area contributed by atoms with Gasteiger partial charge in [-0.3, -0.25) is 20.2 Å².